The summed E-state index contributed by atoms with van der Waals surface area (Å²) < 4.78 is 52.3. The van der Waals surface area contributed by atoms with E-state index >= 15 is 0 Å². The van der Waals surface area contributed by atoms with Crippen molar-refractivity contribution in [3.05, 3.63) is 0 Å². The fourth-order valence-corrected chi connectivity index (χ4v) is 14.2. The Morgan fingerprint density at radius 2 is 0.653 bits per heavy atom. The van der Waals surface area contributed by atoms with Crippen molar-refractivity contribution in [2.45, 2.75) is 317 Å². The van der Waals surface area contributed by atoms with E-state index in [0.717, 1.165) is 57.8 Å². The summed E-state index contributed by atoms with van der Waals surface area (Å²) in [6.45, 7) is 4.82. The molecule has 0 aromatic rings. The second-order valence-corrected chi connectivity index (χ2v) is 31.4. The lowest BCUT2D eigenvalue weighted by atomic mass is 9.97. The quantitative estimate of drug-likeness (QED) is 0.0258. The summed E-state index contributed by atoms with van der Waals surface area (Å²) in [5.74, 6) is -3.62. The molecule has 16 unspecified atom stereocenters. The highest BCUT2D eigenvalue weighted by Gasteiger charge is 2.48. The number of ether oxygens (including phenoxy) is 9. The molecule has 0 saturated carbocycles. The van der Waals surface area contributed by atoms with Crippen molar-refractivity contribution >= 4 is 65.0 Å². The highest BCUT2D eigenvalue weighted by molar-refractivity contribution is 5.79. The van der Waals surface area contributed by atoms with E-state index in [1.165, 1.54) is 20.8 Å². The van der Waals surface area contributed by atoms with Gasteiger partial charge in [0.2, 0.25) is 65.0 Å². The summed E-state index contributed by atoms with van der Waals surface area (Å²) in [4.78, 5) is 142. The molecule has 4 heterocycles. The number of carbonyl (C=O) groups excluding carboxylic acids is 11. The van der Waals surface area contributed by atoms with Crippen LogP contribution in [0.1, 0.15) is 207 Å². The standard InChI is InChI=1S/C80H143N11O30/c1-5-23-55-44-56(98)45-91(55)67(106)28-13-11-9-7-6-8-10-12-27-66(105)90-80(49-113-41-29-63(102)84-35-20-32-81-60(99)24-14-17-38-116-77-68(87-52(2)95)74(110)71(107)57(46-92)119-77,50-114-42-30-64(103)85-36-21-33-82-61(100)25-15-18-39-117-78-69(88-53(3)96)75(111)72(108)58(47-93)120-78)51-115-43-31-65(104)86-37-22-34-83-62(101)26-16-19-40-118-79-70(89-54(4)97)76(112)73(109)59(48-94)121-79/h55-59,68-79,92-94,98,107-112H,5-51H2,1-4H3,(H,81,99)(H,82,100)(H,83,101)(H,84,102)(H,85,103)(H,86,104)(H,87,95)(H,88,96)(H,89,97)(H,90,105)/t55?,56-,57?,58?,59?,68?,69?,70?,71?,72?,73?,74?,75?,76?,77?,78?,79?,80?/m1/s1. The first-order chi connectivity index (χ1) is 58.0. The number of nitrogens with zero attached hydrogens (tertiary/aromatic N) is 1. The fourth-order valence-electron chi connectivity index (χ4n) is 14.2. The van der Waals surface area contributed by atoms with Crippen LogP contribution in [0.4, 0.5) is 0 Å². The number of aliphatic hydroxyl groups excluding tert-OH is 10. The minimum atomic E-state index is -1.46. The minimum Gasteiger partial charge on any atom is -0.394 e. The van der Waals surface area contributed by atoms with E-state index in [1.807, 2.05) is 4.90 Å². The van der Waals surface area contributed by atoms with E-state index in [2.05, 4.69) is 60.1 Å². The third kappa shape index (κ3) is 43.2. The molecule has 0 radical (unpaired) electrons. The molecule has 0 aromatic carbocycles. The van der Waals surface area contributed by atoms with Crippen molar-refractivity contribution in [2.24, 2.45) is 0 Å². The first-order valence-corrected chi connectivity index (χ1v) is 43.2. The molecule has 698 valence electrons. The number of aliphatic hydroxyl groups is 10. The van der Waals surface area contributed by atoms with Gasteiger partial charge in [0.25, 0.3) is 0 Å². The topological polar surface area (TPSA) is 597 Å². The molecular weight excluding hydrogens is 1590 g/mol. The summed E-state index contributed by atoms with van der Waals surface area (Å²) >= 11 is 0. The van der Waals surface area contributed by atoms with Crippen LogP contribution in [0.3, 0.4) is 0 Å². The molecule has 41 nitrogen and oxygen atoms in total. The summed E-state index contributed by atoms with van der Waals surface area (Å²) in [5, 5.41) is 129. The zero-order chi connectivity index (χ0) is 88.9. The van der Waals surface area contributed by atoms with Gasteiger partial charge < -0.3 is 152 Å². The molecule has 4 aliphatic rings. The largest absolute Gasteiger partial charge is 0.394 e. The third-order valence-corrected chi connectivity index (χ3v) is 20.8. The van der Waals surface area contributed by atoms with Crippen molar-refractivity contribution in [3.8, 4) is 0 Å². The number of amides is 11. The van der Waals surface area contributed by atoms with Crippen molar-refractivity contribution < 1.29 is 146 Å². The van der Waals surface area contributed by atoms with E-state index in [0.29, 0.717) is 83.6 Å². The summed E-state index contributed by atoms with van der Waals surface area (Å²) in [6, 6.07) is -3.20. The van der Waals surface area contributed by atoms with E-state index in [4.69, 9.17) is 42.6 Å². The van der Waals surface area contributed by atoms with E-state index < -0.39 is 141 Å². The Morgan fingerprint density at radius 1 is 0.364 bits per heavy atom. The fraction of sp³-hybridized carbons (Fsp3) is 0.863. The van der Waals surface area contributed by atoms with Crippen LogP contribution >= 0.6 is 0 Å². The summed E-state index contributed by atoms with van der Waals surface area (Å²) in [5.41, 5.74) is -1.43. The van der Waals surface area contributed by atoms with Crippen LogP contribution in [0.5, 0.6) is 0 Å². The van der Waals surface area contributed by atoms with E-state index in [-0.39, 0.29) is 197 Å². The predicted octanol–water partition coefficient (Wildman–Crippen LogP) is -4.02. The van der Waals surface area contributed by atoms with Gasteiger partial charge in [-0.3, -0.25) is 52.7 Å². The molecule has 4 fully saturated rings. The lowest BCUT2D eigenvalue weighted by Crippen LogP contribution is -2.64. The van der Waals surface area contributed by atoms with Crippen LogP contribution in [0, 0.1) is 0 Å². The SMILES string of the molecule is CCCC1C[C@@H](O)CN1C(=O)CCCCCCCCCCC(=O)NC(COCCC(=O)NCCCNC(=O)CCCCOC1OC(CO)C(O)C(O)C1NC(C)=O)(COCCC(=O)NCCCNC(=O)CCCCOC1OC(CO)C(O)C(O)C1NC(C)=O)COCCC(=O)NCCCNC(=O)CCCCOC1OC(CO)C(O)C(O)C1NC(C)=O. The Labute approximate surface area is 709 Å². The van der Waals surface area contributed by atoms with Gasteiger partial charge in [0, 0.05) is 144 Å². The molecule has 41 heteroatoms. The first-order valence-electron chi connectivity index (χ1n) is 43.2. The highest BCUT2D eigenvalue weighted by Crippen LogP contribution is 2.28. The minimum absolute atomic E-state index is 0.0757. The van der Waals surface area contributed by atoms with Gasteiger partial charge in [-0.2, -0.15) is 0 Å². The molecule has 4 rings (SSSR count). The molecule has 4 saturated heterocycles. The number of carbonyl (C=O) groups is 11. The zero-order valence-corrected chi connectivity index (χ0v) is 71.1. The van der Waals surface area contributed by atoms with Crippen LogP contribution in [0.25, 0.3) is 0 Å². The molecule has 0 spiro atoms. The molecule has 20 N–H and O–H groups in total. The van der Waals surface area contributed by atoms with Gasteiger partial charge in [-0.25, -0.2) is 0 Å². The molecule has 0 aliphatic carbocycles. The number of rotatable bonds is 65. The summed E-state index contributed by atoms with van der Waals surface area (Å²) in [7, 11) is 0. The average Bonchev–Trinajstić information content (AvgIpc) is 1.50. The Bertz CT molecular complexity index is 2770. The smallest absolute Gasteiger partial charge is 0.222 e. The van der Waals surface area contributed by atoms with Crippen LogP contribution in [0.2, 0.25) is 0 Å². The Hall–Kier alpha value is -6.59. The van der Waals surface area contributed by atoms with Crippen LogP contribution < -0.4 is 53.2 Å². The van der Waals surface area contributed by atoms with Gasteiger partial charge in [0.15, 0.2) is 18.9 Å². The lowest BCUT2D eigenvalue weighted by Gasteiger charge is -2.42. The molecule has 17 atom stereocenters. The van der Waals surface area contributed by atoms with Crippen molar-refractivity contribution in [1.82, 2.24) is 58.1 Å². The Balaban J connectivity index is 1.30. The predicted molar refractivity (Wildman–Crippen MR) is 432 cm³/mol. The number of nitrogens with one attached hydrogen (secondary N) is 10. The number of hydrogen-bond donors (Lipinski definition) is 20. The van der Waals surface area contributed by atoms with Gasteiger partial charge in [-0.15, -0.1) is 0 Å². The number of β-amino-alcohol motifs (C(OH)–C–C–N with tert-alkyl or cyclic N) is 1. The first kappa shape index (κ1) is 107. The number of hydrogen-bond acceptors (Lipinski definition) is 30. The Kier molecular flexibility index (Phi) is 54.4. The lowest BCUT2D eigenvalue weighted by molar-refractivity contribution is -0.270. The van der Waals surface area contributed by atoms with Crippen molar-refractivity contribution in [1.29, 1.82) is 0 Å². The maximum atomic E-state index is 14.1. The maximum Gasteiger partial charge on any atom is 0.222 e. The normalized spacial score (nSPS) is 25.1. The molecular formula is C80H143N11O30. The second-order valence-electron chi connectivity index (χ2n) is 31.4. The highest BCUT2D eigenvalue weighted by atomic mass is 16.7. The van der Waals surface area contributed by atoms with Gasteiger partial charge in [-0.05, 0) is 83.5 Å². The molecule has 121 heavy (non-hydrogen) atoms. The maximum absolute atomic E-state index is 14.1. The van der Waals surface area contributed by atoms with Gasteiger partial charge in [0.05, 0.1) is 65.6 Å². The second kappa shape index (κ2) is 61.7. The zero-order valence-electron chi connectivity index (χ0n) is 71.1. The van der Waals surface area contributed by atoms with Crippen molar-refractivity contribution in [2.75, 3.05) is 125 Å². The van der Waals surface area contributed by atoms with Crippen LogP contribution in [-0.2, 0) is 95.4 Å². The van der Waals surface area contributed by atoms with E-state index in [9.17, 15) is 104 Å². The van der Waals surface area contributed by atoms with E-state index in [1.54, 1.807) is 0 Å². The van der Waals surface area contributed by atoms with Gasteiger partial charge >= 0.3 is 0 Å². The van der Waals surface area contributed by atoms with Crippen LogP contribution in [0.15, 0.2) is 0 Å². The van der Waals surface area contributed by atoms with Crippen LogP contribution in [-0.4, -0.2) is 356 Å². The Morgan fingerprint density at radius 3 is 0.959 bits per heavy atom. The van der Waals surface area contributed by atoms with Gasteiger partial charge in [0.1, 0.15) is 78.6 Å². The molecule has 4 aliphatic heterocycles. The monoisotopic (exact) mass is 1740 g/mol. The summed E-state index contributed by atoms with van der Waals surface area (Å²) in [6.07, 6.45) is -2.89. The molecule has 0 aromatic heterocycles. The number of unbranched alkanes of at least 4 members (excludes halogenated alkanes) is 10. The van der Waals surface area contributed by atoms with Gasteiger partial charge in [-0.1, -0.05) is 51.9 Å². The molecule has 0 bridgehead atoms. The average molecular weight is 1740 g/mol. The third-order valence-electron chi connectivity index (χ3n) is 20.8. The van der Waals surface area contributed by atoms with Crippen molar-refractivity contribution in [3.63, 3.8) is 0 Å². The molecule has 11 amide bonds. The number of likely N-dealkylation sites (tertiary alicyclic amines) is 1.